The summed E-state index contributed by atoms with van der Waals surface area (Å²) >= 11 is 0. The summed E-state index contributed by atoms with van der Waals surface area (Å²) in [5, 5.41) is 8.62. The highest BCUT2D eigenvalue weighted by Crippen LogP contribution is 2.25. The molecule has 0 amide bonds. The van der Waals surface area contributed by atoms with Gasteiger partial charge in [0.15, 0.2) is 5.67 Å². The number of halogens is 1. The van der Waals surface area contributed by atoms with Gasteiger partial charge in [-0.3, -0.25) is 0 Å². The molecule has 0 aromatic carbocycles. The van der Waals surface area contributed by atoms with Crippen LogP contribution in [0, 0.1) is 0 Å². The average Bonchev–Trinajstić information content (AvgIpc) is 2.11. The number of rotatable bonds is 1. The summed E-state index contributed by atoms with van der Waals surface area (Å²) in [6.45, 7) is 2.61. The van der Waals surface area contributed by atoms with Crippen LogP contribution in [0.2, 0.25) is 0 Å². The van der Waals surface area contributed by atoms with E-state index in [9.17, 15) is 4.39 Å². The Morgan fingerprint density at radius 1 is 1.70 bits per heavy atom. The zero-order valence-corrected chi connectivity index (χ0v) is 5.76. The molecule has 0 atom stereocenters. The van der Waals surface area contributed by atoms with Crippen molar-refractivity contribution >= 4 is 0 Å². The van der Waals surface area contributed by atoms with Crippen molar-refractivity contribution in [3.05, 3.63) is 12.1 Å². The number of alkyl halides is 1. The number of aromatic nitrogens is 1. The van der Waals surface area contributed by atoms with Gasteiger partial charge in [0.05, 0.1) is 0 Å². The zero-order chi connectivity index (χ0) is 7.78. The predicted molar refractivity (Wildman–Crippen MR) is 32.3 cm³/mol. The molecular formula is C6H8FNO2. The molecule has 4 heteroatoms. The van der Waals surface area contributed by atoms with Crippen LogP contribution in [-0.4, -0.2) is 10.1 Å². The van der Waals surface area contributed by atoms with Crippen LogP contribution < -0.4 is 0 Å². The minimum absolute atomic E-state index is 0.106. The first kappa shape index (κ1) is 7.05. The summed E-state index contributed by atoms with van der Waals surface area (Å²) in [7, 11) is 0. The smallest absolute Gasteiger partial charge is 0.302 e. The van der Waals surface area contributed by atoms with Crippen molar-refractivity contribution in [3.63, 3.8) is 0 Å². The lowest BCUT2D eigenvalue weighted by molar-refractivity contribution is 0.158. The normalized spacial score (nSPS) is 11.9. The van der Waals surface area contributed by atoms with Gasteiger partial charge in [0, 0.05) is 0 Å². The maximum atomic E-state index is 12.9. The van der Waals surface area contributed by atoms with E-state index in [-0.39, 0.29) is 11.8 Å². The van der Waals surface area contributed by atoms with Gasteiger partial charge in [-0.25, -0.2) is 9.37 Å². The molecule has 0 aliphatic rings. The maximum absolute atomic E-state index is 12.9. The molecule has 0 unspecified atom stereocenters. The highest BCUT2D eigenvalue weighted by molar-refractivity contribution is 5.02. The van der Waals surface area contributed by atoms with Crippen LogP contribution >= 0.6 is 0 Å². The molecule has 3 nitrogen and oxygen atoms in total. The quantitative estimate of drug-likeness (QED) is 0.652. The molecule has 1 aromatic heterocycles. The van der Waals surface area contributed by atoms with Crippen LogP contribution in [0.15, 0.2) is 10.6 Å². The van der Waals surface area contributed by atoms with Crippen molar-refractivity contribution in [1.29, 1.82) is 0 Å². The van der Waals surface area contributed by atoms with Crippen LogP contribution in [0.5, 0.6) is 5.95 Å². The van der Waals surface area contributed by atoms with Crippen LogP contribution in [0.4, 0.5) is 4.39 Å². The van der Waals surface area contributed by atoms with Crippen LogP contribution in [0.25, 0.3) is 0 Å². The van der Waals surface area contributed by atoms with Gasteiger partial charge in [0.25, 0.3) is 0 Å². The molecule has 1 aromatic rings. The molecule has 1 heterocycles. The van der Waals surface area contributed by atoms with Gasteiger partial charge in [-0.15, -0.1) is 0 Å². The molecule has 0 aliphatic carbocycles. The molecule has 1 rings (SSSR count). The Bertz CT molecular complexity index is 226. The average molecular weight is 145 g/mol. The van der Waals surface area contributed by atoms with E-state index in [0.717, 1.165) is 6.20 Å². The molecule has 56 valence electrons. The predicted octanol–water partition coefficient (Wildman–Crippen LogP) is 1.58. The fraction of sp³-hybridized carbons (Fsp3) is 0.500. The second-order valence-corrected chi connectivity index (χ2v) is 2.48. The molecule has 0 aliphatic heterocycles. The van der Waals surface area contributed by atoms with Crippen LogP contribution in [0.3, 0.4) is 0 Å². The molecule has 1 N–H and O–H groups in total. The van der Waals surface area contributed by atoms with E-state index in [1.54, 1.807) is 0 Å². The Balaban J connectivity index is 2.96. The van der Waals surface area contributed by atoms with Crippen molar-refractivity contribution < 1.29 is 13.9 Å². The Morgan fingerprint density at radius 2 is 2.30 bits per heavy atom. The van der Waals surface area contributed by atoms with Gasteiger partial charge >= 0.3 is 5.95 Å². The summed E-state index contributed by atoms with van der Waals surface area (Å²) in [5.41, 5.74) is -1.62. The number of oxazole rings is 1. The van der Waals surface area contributed by atoms with Crippen molar-refractivity contribution in [1.82, 2.24) is 4.98 Å². The summed E-state index contributed by atoms with van der Waals surface area (Å²) in [6.07, 6.45) is 1.07. The minimum atomic E-state index is -1.62. The Labute approximate surface area is 57.5 Å². The van der Waals surface area contributed by atoms with Crippen LogP contribution in [-0.2, 0) is 5.67 Å². The first-order valence-electron chi connectivity index (χ1n) is 2.84. The Morgan fingerprint density at radius 3 is 2.50 bits per heavy atom. The standard InChI is InChI=1S/C6H8FNO2/c1-6(2,7)5-8-3-4(9)10-5/h3,9H,1-2H3. The molecule has 10 heavy (non-hydrogen) atoms. The summed E-state index contributed by atoms with van der Waals surface area (Å²) in [5.74, 6) is -0.467. The van der Waals surface area contributed by atoms with Crippen LogP contribution in [0.1, 0.15) is 19.7 Å². The van der Waals surface area contributed by atoms with Crippen molar-refractivity contribution in [3.8, 4) is 5.95 Å². The summed E-state index contributed by atoms with van der Waals surface area (Å²) in [6, 6.07) is 0. The molecule has 0 fully saturated rings. The Hall–Kier alpha value is -1.06. The van der Waals surface area contributed by atoms with E-state index in [2.05, 4.69) is 9.40 Å². The van der Waals surface area contributed by atoms with Gasteiger partial charge < -0.3 is 9.52 Å². The van der Waals surface area contributed by atoms with Gasteiger partial charge in [-0.1, -0.05) is 0 Å². The molecule has 0 radical (unpaired) electrons. The van der Waals surface area contributed by atoms with E-state index >= 15 is 0 Å². The van der Waals surface area contributed by atoms with E-state index in [0.29, 0.717) is 0 Å². The van der Waals surface area contributed by atoms with E-state index < -0.39 is 5.67 Å². The summed E-state index contributed by atoms with van der Waals surface area (Å²) < 4.78 is 17.4. The van der Waals surface area contributed by atoms with Crippen molar-refractivity contribution in [2.24, 2.45) is 0 Å². The van der Waals surface area contributed by atoms with E-state index in [4.69, 9.17) is 5.11 Å². The number of hydrogen-bond donors (Lipinski definition) is 1. The lowest BCUT2D eigenvalue weighted by atomic mass is 10.2. The molecule has 0 saturated carbocycles. The largest absolute Gasteiger partial charge is 0.480 e. The lowest BCUT2D eigenvalue weighted by Gasteiger charge is -2.06. The summed E-state index contributed by atoms with van der Waals surface area (Å²) in [4.78, 5) is 3.50. The second kappa shape index (κ2) is 1.97. The SMILES string of the molecule is CC(C)(F)c1ncc(O)o1. The highest BCUT2D eigenvalue weighted by atomic mass is 19.1. The number of nitrogens with zero attached hydrogens (tertiary/aromatic N) is 1. The van der Waals surface area contributed by atoms with Gasteiger partial charge in [0.2, 0.25) is 5.89 Å². The third-order valence-electron chi connectivity index (χ3n) is 1.00. The van der Waals surface area contributed by atoms with E-state index in [1.807, 2.05) is 0 Å². The fourth-order valence-electron chi connectivity index (χ4n) is 0.540. The van der Waals surface area contributed by atoms with Gasteiger partial charge in [-0.2, -0.15) is 0 Å². The Kier molecular flexibility index (Phi) is 1.39. The van der Waals surface area contributed by atoms with Crippen molar-refractivity contribution in [2.45, 2.75) is 19.5 Å². The third kappa shape index (κ3) is 1.26. The molecule has 0 spiro atoms. The molecular weight excluding hydrogens is 137 g/mol. The molecule has 0 bridgehead atoms. The monoisotopic (exact) mass is 145 g/mol. The van der Waals surface area contributed by atoms with Gasteiger partial charge in [0.1, 0.15) is 6.20 Å². The number of aromatic hydroxyl groups is 1. The maximum Gasteiger partial charge on any atom is 0.302 e. The van der Waals surface area contributed by atoms with E-state index in [1.165, 1.54) is 13.8 Å². The lowest BCUT2D eigenvalue weighted by Crippen LogP contribution is -2.08. The zero-order valence-electron chi connectivity index (χ0n) is 5.76. The first-order chi connectivity index (χ1) is 4.50. The fourth-order valence-corrected chi connectivity index (χ4v) is 0.540. The van der Waals surface area contributed by atoms with Crippen molar-refractivity contribution in [2.75, 3.05) is 0 Å². The second-order valence-electron chi connectivity index (χ2n) is 2.48. The topological polar surface area (TPSA) is 46.3 Å². The third-order valence-corrected chi connectivity index (χ3v) is 1.00. The van der Waals surface area contributed by atoms with Gasteiger partial charge in [-0.05, 0) is 13.8 Å². The number of hydrogen-bond acceptors (Lipinski definition) is 3. The first-order valence-corrected chi connectivity index (χ1v) is 2.84. The highest BCUT2D eigenvalue weighted by Gasteiger charge is 2.24. The minimum Gasteiger partial charge on any atom is -0.480 e. The molecule has 0 saturated heterocycles.